The van der Waals surface area contributed by atoms with Crippen LogP contribution in [0.2, 0.25) is 10.2 Å². The van der Waals surface area contributed by atoms with Gasteiger partial charge in [-0.2, -0.15) is 0 Å². The molecule has 0 spiro atoms. The summed E-state index contributed by atoms with van der Waals surface area (Å²) in [6.45, 7) is 0.198. The summed E-state index contributed by atoms with van der Waals surface area (Å²) in [6, 6.07) is 3.10. The smallest absolute Gasteiger partial charge is 0.242 e. The topological polar surface area (TPSA) is 64.0 Å². The third-order valence-electron chi connectivity index (χ3n) is 2.44. The maximum absolute atomic E-state index is 12.0. The molecule has 2 aromatic heterocycles. The monoisotopic (exact) mass is 319 g/mol. The van der Waals surface area contributed by atoms with Crippen LogP contribution in [0.1, 0.15) is 5.56 Å². The first-order valence-corrected chi connectivity index (χ1v) is 7.54. The average molecular weight is 320 g/mol. The lowest BCUT2D eigenvalue weighted by molar-refractivity contribution is 0.581. The number of halogens is 2. The van der Waals surface area contributed by atoms with Crippen LogP contribution in [0.25, 0.3) is 0 Å². The van der Waals surface area contributed by atoms with Gasteiger partial charge in [0.1, 0.15) is 10.0 Å². The van der Waals surface area contributed by atoms with Crippen molar-refractivity contribution in [3.05, 3.63) is 46.5 Å². The van der Waals surface area contributed by atoms with Crippen LogP contribution in [-0.2, 0) is 23.6 Å². The molecular formula is C11H11Cl2N3O2S. The molecule has 0 aliphatic heterocycles. The van der Waals surface area contributed by atoms with E-state index in [1.807, 2.05) is 30.1 Å². The van der Waals surface area contributed by atoms with Gasteiger partial charge < -0.3 is 4.57 Å². The Morgan fingerprint density at radius 1 is 1.42 bits per heavy atom. The zero-order valence-electron chi connectivity index (χ0n) is 9.97. The summed E-state index contributed by atoms with van der Waals surface area (Å²) >= 11 is 11.4. The average Bonchev–Trinajstić information content (AvgIpc) is 2.76. The highest BCUT2D eigenvalue weighted by molar-refractivity contribution is 7.89. The zero-order chi connectivity index (χ0) is 14.0. The van der Waals surface area contributed by atoms with E-state index < -0.39 is 10.0 Å². The molecule has 2 rings (SSSR count). The lowest BCUT2D eigenvalue weighted by Crippen LogP contribution is -2.23. The number of aryl methyl sites for hydroxylation is 1. The van der Waals surface area contributed by atoms with E-state index in [0.717, 1.165) is 5.56 Å². The summed E-state index contributed by atoms with van der Waals surface area (Å²) in [7, 11) is -1.79. The first-order valence-electron chi connectivity index (χ1n) is 5.30. The molecule has 2 aromatic rings. The molecule has 19 heavy (non-hydrogen) atoms. The van der Waals surface area contributed by atoms with Crippen molar-refractivity contribution in [3.8, 4) is 0 Å². The van der Waals surface area contributed by atoms with Crippen molar-refractivity contribution in [1.82, 2.24) is 14.3 Å². The van der Waals surface area contributed by atoms with Gasteiger partial charge in [0.2, 0.25) is 10.0 Å². The van der Waals surface area contributed by atoms with Crippen LogP contribution in [-0.4, -0.2) is 18.0 Å². The Morgan fingerprint density at radius 3 is 2.74 bits per heavy atom. The van der Waals surface area contributed by atoms with Gasteiger partial charge in [0.05, 0.1) is 5.02 Å². The minimum Gasteiger partial charge on any atom is -0.357 e. The van der Waals surface area contributed by atoms with Gasteiger partial charge in [-0.05, 0) is 17.7 Å². The van der Waals surface area contributed by atoms with Gasteiger partial charge in [-0.15, -0.1) is 0 Å². The Labute approximate surface area is 121 Å². The van der Waals surface area contributed by atoms with Crippen LogP contribution >= 0.6 is 23.2 Å². The summed E-state index contributed by atoms with van der Waals surface area (Å²) in [5.41, 5.74) is 0.860. The summed E-state index contributed by atoms with van der Waals surface area (Å²) in [5.74, 6) is 0. The Hall–Kier alpha value is -1.08. The van der Waals surface area contributed by atoms with Gasteiger partial charge in [0.15, 0.2) is 0 Å². The summed E-state index contributed by atoms with van der Waals surface area (Å²) in [4.78, 5) is 3.70. The number of nitrogens with zero attached hydrogens (tertiary/aromatic N) is 2. The molecule has 5 nitrogen and oxygen atoms in total. The van der Waals surface area contributed by atoms with E-state index in [9.17, 15) is 8.42 Å². The molecule has 0 aliphatic rings. The molecule has 0 atom stereocenters. The van der Waals surface area contributed by atoms with Crippen LogP contribution in [0.3, 0.4) is 0 Å². The number of hydrogen-bond donors (Lipinski definition) is 1. The highest BCUT2D eigenvalue weighted by Crippen LogP contribution is 2.22. The zero-order valence-corrected chi connectivity index (χ0v) is 12.3. The molecule has 0 bridgehead atoms. The second-order valence-corrected chi connectivity index (χ2v) is 6.49. The van der Waals surface area contributed by atoms with Crippen molar-refractivity contribution < 1.29 is 8.42 Å². The number of nitrogens with one attached hydrogen (secondary N) is 1. The van der Waals surface area contributed by atoms with Crippen LogP contribution in [0.5, 0.6) is 0 Å². The van der Waals surface area contributed by atoms with E-state index >= 15 is 0 Å². The first-order chi connectivity index (χ1) is 8.88. The van der Waals surface area contributed by atoms with Gasteiger partial charge in [-0.1, -0.05) is 23.2 Å². The molecule has 0 saturated heterocycles. The molecule has 0 aromatic carbocycles. The van der Waals surface area contributed by atoms with Crippen LogP contribution in [0, 0.1) is 0 Å². The summed E-state index contributed by atoms with van der Waals surface area (Å²) in [6.07, 6.45) is 4.83. The molecule has 0 saturated carbocycles. The predicted octanol–water partition coefficient (Wildman–Crippen LogP) is 2.21. The second kappa shape index (κ2) is 5.50. The summed E-state index contributed by atoms with van der Waals surface area (Å²) in [5, 5.41) is 0.174. The van der Waals surface area contributed by atoms with Gasteiger partial charge in [-0.3, -0.25) is 0 Å². The highest BCUT2D eigenvalue weighted by Gasteiger charge is 2.16. The van der Waals surface area contributed by atoms with E-state index in [-0.39, 0.29) is 21.6 Å². The molecule has 0 aliphatic carbocycles. The Morgan fingerprint density at radius 2 is 2.16 bits per heavy atom. The number of rotatable bonds is 4. The van der Waals surface area contributed by atoms with E-state index in [1.54, 1.807) is 0 Å². The maximum atomic E-state index is 12.0. The quantitative estimate of drug-likeness (QED) is 0.879. The standard InChI is InChI=1S/C11H11Cl2N3O2S/c1-16-3-2-8(7-16)5-15-19(17,18)9-4-10(12)11(13)14-6-9/h2-4,6-7,15H,5H2,1H3. The van der Waals surface area contributed by atoms with Gasteiger partial charge in [-0.25, -0.2) is 18.1 Å². The molecule has 0 unspecified atom stereocenters. The largest absolute Gasteiger partial charge is 0.357 e. The molecule has 1 N–H and O–H groups in total. The summed E-state index contributed by atoms with van der Waals surface area (Å²) < 4.78 is 28.3. The third-order valence-corrected chi connectivity index (χ3v) is 4.50. The van der Waals surface area contributed by atoms with Gasteiger partial charge >= 0.3 is 0 Å². The molecule has 2 heterocycles. The molecule has 0 amide bonds. The Bertz CT molecular complexity index is 698. The first kappa shape index (κ1) is 14.3. The number of aromatic nitrogens is 2. The highest BCUT2D eigenvalue weighted by atomic mass is 35.5. The fourth-order valence-corrected chi connectivity index (χ4v) is 2.80. The number of sulfonamides is 1. The third kappa shape index (κ3) is 3.48. The molecule has 102 valence electrons. The van der Waals surface area contributed by atoms with E-state index in [4.69, 9.17) is 23.2 Å². The lowest BCUT2D eigenvalue weighted by atomic mass is 10.4. The SMILES string of the molecule is Cn1ccc(CNS(=O)(=O)c2cnc(Cl)c(Cl)c2)c1. The molecule has 0 radical (unpaired) electrons. The fourth-order valence-electron chi connectivity index (χ4n) is 1.48. The van der Waals surface area contributed by atoms with E-state index in [0.29, 0.717) is 0 Å². The molecular weight excluding hydrogens is 309 g/mol. The predicted molar refractivity (Wildman–Crippen MR) is 73.7 cm³/mol. The number of hydrogen-bond acceptors (Lipinski definition) is 3. The fraction of sp³-hybridized carbons (Fsp3) is 0.182. The van der Waals surface area contributed by atoms with E-state index in [2.05, 4.69) is 9.71 Å². The van der Waals surface area contributed by atoms with E-state index in [1.165, 1.54) is 12.3 Å². The maximum Gasteiger partial charge on any atom is 0.242 e. The molecule has 8 heteroatoms. The Balaban J connectivity index is 2.16. The minimum absolute atomic E-state index is 0.0159. The van der Waals surface area contributed by atoms with Crippen molar-refractivity contribution >= 4 is 33.2 Å². The second-order valence-electron chi connectivity index (χ2n) is 3.95. The molecule has 0 fully saturated rings. The lowest BCUT2D eigenvalue weighted by Gasteiger charge is -2.06. The van der Waals surface area contributed by atoms with Crippen LogP contribution in [0.4, 0.5) is 0 Å². The van der Waals surface area contributed by atoms with Crippen LogP contribution < -0.4 is 4.72 Å². The van der Waals surface area contributed by atoms with Gasteiger partial charge in [0.25, 0.3) is 0 Å². The van der Waals surface area contributed by atoms with Crippen molar-refractivity contribution in [3.63, 3.8) is 0 Å². The minimum atomic E-state index is -3.65. The van der Waals surface area contributed by atoms with Gasteiger partial charge in [0, 0.05) is 32.2 Å². The van der Waals surface area contributed by atoms with Crippen LogP contribution in [0.15, 0.2) is 35.6 Å². The van der Waals surface area contributed by atoms with Crippen molar-refractivity contribution in [2.24, 2.45) is 7.05 Å². The van der Waals surface area contributed by atoms with Crippen molar-refractivity contribution in [2.75, 3.05) is 0 Å². The normalized spacial score (nSPS) is 11.7. The van der Waals surface area contributed by atoms with Crippen molar-refractivity contribution in [1.29, 1.82) is 0 Å². The Kier molecular flexibility index (Phi) is 4.15. The van der Waals surface area contributed by atoms with Crippen molar-refractivity contribution in [2.45, 2.75) is 11.4 Å². The number of pyridine rings is 1.